The lowest BCUT2D eigenvalue weighted by Gasteiger charge is -2.26. The zero-order valence-electron chi connectivity index (χ0n) is 12.4. The molecule has 0 atom stereocenters. The summed E-state index contributed by atoms with van der Waals surface area (Å²) in [6, 6.07) is 6.05. The largest absolute Gasteiger partial charge is 0.493 e. The molecule has 4 nitrogen and oxygen atoms in total. The standard InChI is InChI=1S/C16H26N2O2/c1-19-15-6-5-14(7-8-17)13-16(15)20-12-11-18-9-3-2-4-10-18/h5-6,13H,2-4,7-12,17H2,1H3. The quantitative estimate of drug-likeness (QED) is 0.829. The molecule has 0 unspecified atom stereocenters. The predicted molar refractivity (Wildman–Crippen MR) is 81.5 cm³/mol. The molecule has 0 aromatic heterocycles. The van der Waals surface area contributed by atoms with Crippen molar-refractivity contribution in [2.45, 2.75) is 25.7 Å². The van der Waals surface area contributed by atoms with Crippen LogP contribution in [-0.2, 0) is 6.42 Å². The Kier molecular flexibility index (Phi) is 6.15. The van der Waals surface area contributed by atoms with Crippen LogP contribution >= 0.6 is 0 Å². The van der Waals surface area contributed by atoms with Gasteiger partial charge >= 0.3 is 0 Å². The van der Waals surface area contributed by atoms with Crippen molar-refractivity contribution < 1.29 is 9.47 Å². The van der Waals surface area contributed by atoms with Crippen LogP contribution in [0.2, 0.25) is 0 Å². The SMILES string of the molecule is COc1ccc(CCN)cc1OCCN1CCCCC1. The van der Waals surface area contributed by atoms with Crippen LogP contribution in [0.25, 0.3) is 0 Å². The highest BCUT2D eigenvalue weighted by molar-refractivity contribution is 5.43. The summed E-state index contributed by atoms with van der Waals surface area (Å²) in [7, 11) is 1.68. The molecule has 0 spiro atoms. The number of methoxy groups -OCH3 is 1. The van der Waals surface area contributed by atoms with Crippen LogP contribution in [0, 0.1) is 0 Å². The van der Waals surface area contributed by atoms with Crippen molar-refractivity contribution in [2.24, 2.45) is 5.73 Å². The Morgan fingerprint density at radius 1 is 1.15 bits per heavy atom. The molecule has 0 amide bonds. The highest BCUT2D eigenvalue weighted by Gasteiger charge is 2.11. The van der Waals surface area contributed by atoms with Crippen molar-refractivity contribution in [2.75, 3.05) is 39.9 Å². The second-order valence-electron chi connectivity index (χ2n) is 5.27. The van der Waals surface area contributed by atoms with Crippen LogP contribution < -0.4 is 15.2 Å². The number of rotatable bonds is 7. The molecule has 1 aliphatic heterocycles. The van der Waals surface area contributed by atoms with Gasteiger partial charge < -0.3 is 15.2 Å². The van der Waals surface area contributed by atoms with Gasteiger partial charge in [0.05, 0.1) is 7.11 Å². The van der Waals surface area contributed by atoms with E-state index in [0.717, 1.165) is 24.5 Å². The van der Waals surface area contributed by atoms with Crippen LogP contribution in [0.5, 0.6) is 11.5 Å². The van der Waals surface area contributed by atoms with Gasteiger partial charge in [0.1, 0.15) is 6.61 Å². The molecular weight excluding hydrogens is 252 g/mol. The van der Waals surface area contributed by atoms with E-state index in [2.05, 4.69) is 4.90 Å². The second-order valence-corrected chi connectivity index (χ2v) is 5.27. The number of ether oxygens (including phenoxy) is 2. The summed E-state index contributed by atoms with van der Waals surface area (Å²) in [6.07, 6.45) is 4.86. The first-order valence-electron chi connectivity index (χ1n) is 7.55. The van der Waals surface area contributed by atoms with Crippen LogP contribution in [0.3, 0.4) is 0 Å². The zero-order chi connectivity index (χ0) is 14.2. The summed E-state index contributed by atoms with van der Waals surface area (Å²) < 4.78 is 11.3. The Labute approximate surface area is 121 Å². The van der Waals surface area contributed by atoms with Crippen molar-refractivity contribution >= 4 is 0 Å². The Hall–Kier alpha value is -1.26. The molecule has 1 fully saturated rings. The molecule has 20 heavy (non-hydrogen) atoms. The summed E-state index contributed by atoms with van der Waals surface area (Å²) >= 11 is 0. The Morgan fingerprint density at radius 2 is 1.95 bits per heavy atom. The molecule has 0 bridgehead atoms. The summed E-state index contributed by atoms with van der Waals surface area (Å²) in [4.78, 5) is 2.47. The van der Waals surface area contributed by atoms with Crippen molar-refractivity contribution in [1.29, 1.82) is 0 Å². The van der Waals surface area contributed by atoms with E-state index in [1.54, 1.807) is 7.11 Å². The molecule has 2 rings (SSSR count). The fraction of sp³-hybridized carbons (Fsp3) is 0.625. The highest BCUT2D eigenvalue weighted by Crippen LogP contribution is 2.28. The number of likely N-dealkylation sites (tertiary alicyclic amines) is 1. The number of nitrogens with two attached hydrogens (primary N) is 1. The summed E-state index contributed by atoms with van der Waals surface area (Å²) in [5, 5.41) is 0. The van der Waals surface area contributed by atoms with Gasteiger partial charge in [-0.25, -0.2) is 0 Å². The van der Waals surface area contributed by atoms with Crippen LogP contribution in [-0.4, -0.2) is 44.8 Å². The third kappa shape index (κ3) is 4.39. The van der Waals surface area contributed by atoms with E-state index >= 15 is 0 Å². The molecule has 1 aromatic carbocycles. The van der Waals surface area contributed by atoms with Gasteiger partial charge in [-0.15, -0.1) is 0 Å². The van der Waals surface area contributed by atoms with Crippen molar-refractivity contribution in [3.05, 3.63) is 23.8 Å². The number of hydrogen-bond acceptors (Lipinski definition) is 4. The summed E-state index contributed by atoms with van der Waals surface area (Å²) in [6.45, 7) is 4.76. The molecule has 0 saturated carbocycles. The minimum absolute atomic E-state index is 0.652. The molecule has 1 heterocycles. The maximum Gasteiger partial charge on any atom is 0.161 e. The van der Waals surface area contributed by atoms with Gasteiger partial charge in [0, 0.05) is 6.54 Å². The first-order valence-corrected chi connectivity index (χ1v) is 7.55. The maximum atomic E-state index is 5.91. The van der Waals surface area contributed by atoms with Gasteiger partial charge in [-0.3, -0.25) is 4.90 Å². The molecule has 112 valence electrons. The first-order chi connectivity index (χ1) is 9.83. The average molecular weight is 278 g/mol. The Balaban J connectivity index is 1.87. The number of benzene rings is 1. The van der Waals surface area contributed by atoms with E-state index in [-0.39, 0.29) is 0 Å². The lowest BCUT2D eigenvalue weighted by molar-refractivity contribution is 0.180. The van der Waals surface area contributed by atoms with Gasteiger partial charge in [0.2, 0.25) is 0 Å². The van der Waals surface area contributed by atoms with Crippen molar-refractivity contribution in [3.8, 4) is 11.5 Å². The van der Waals surface area contributed by atoms with Crippen LogP contribution in [0.4, 0.5) is 0 Å². The average Bonchev–Trinajstić information content (AvgIpc) is 2.49. The normalized spacial score (nSPS) is 16.1. The fourth-order valence-electron chi connectivity index (χ4n) is 2.62. The highest BCUT2D eigenvalue weighted by atomic mass is 16.5. The van der Waals surface area contributed by atoms with E-state index < -0.39 is 0 Å². The van der Waals surface area contributed by atoms with Gasteiger partial charge in [-0.2, -0.15) is 0 Å². The van der Waals surface area contributed by atoms with E-state index in [1.165, 1.54) is 37.9 Å². The Bertz CT molecular complexity index is 403. The minimum Gasteiger partial charge on any atom is -0.493 e. The molecule has 0 aliphatic carbocycles. The summed E-state index contributed by atoms with van der Waals surface area (Å²) in [5.74, 6) is 1.62. The first kappa shape index (κ1) is 15.1. The molecule has 1 aliphatic rings. The van der Waals surface area contributed by atoms with Crippen LogP contribution in [0.1, 0.15) is 24.8 Å². The molecule has 4 heteroatoms. The van der Waals surface area contributed by atoms with E-state index in [1.807, 2.05) is 18.2 Å². The third-order valence-electron chi connectivity index (χ3n) is 3.77. The predicted octanol–water partition coefficient (Wildman–Crippen LogP) is 2.06. The lowest BCUT2D eigenvalue weighted by Crippen LogP contribution is -2.33. The monoisotopic (exact) mass is 278 g/mol. The number of nitrogens with zero attached hydrogens (tertiary/aromatic N) is 1. The van der Waals surface area contributed by atoms with Crippen LogP contribution in [0.15, 0.2) is 18.2 Å². The van der Waals surface area contributed by atoms with E-state index in [9.17, 15) is 0 Å². The molecule has 0 radical (unpaired) electrons. The topological polar surface area (TPSA) is 47.7 Å². The van der Waals surface area contributed by atoms with E-state index in [4.69, 9.17) is 15.2 Å². The third-order valence-corrected chi connectivity index (χ3v) is 3.77. The van der Waals surface area contributed by atoms with Gasteiger partial charge in [0.15, 0.2) is 11.5 Å². The van der Waals surface area contributed by atoms with Crippen molar-refractivity contribution in [1.82, 2.24) is 4.90 Å². The minimum atomic E-state index is 0.652. The maximum absolute atomic E-state index is 5.91. The lowest BCUT2D eigenvalue weighted by atomic mass is 10.1. The number of hydrogen-bond donors (Lipinski definition) is 1. The molecule has 1 saturated heterocycles. The molecular formula is C16H26N2O2. The number of piperidine rings is 1. The second kappa shape index (κ2) is 8.12. The molecule has 1 aromatic rings. The van der Waals surface area contributed by atoms with Gasteiger partial charge in [0.25, 0.3) is 0 Å². The zero-order valence-corrected chi connectivity index (χ0v) is 12.4. The van der Waals surface area contributed by atoms with Crippen molar-refractivity contribution in [3.63, 3.8) is 0 Å². The molecule has 2 N–H and O–H groups in total. The summed E-state index contributed by atoms with van der Waals surface area (Å²) in [5.41, 5.74) is 6.80. The van der Waals surface area contributed by atoms with E-state index in [0.29, 0.717) is 13.2 Å². The Morgan fingerprint density at radius 3 is 2.65 bits per heavy atom. The van der Waals surface area contributed by atoms with Gasteiger partial charge in [-0.05, 0) is 56.6 Å². The van der Waals surface area contributed by atoms with Gasteiger partial charge in [-0.1, -0.05) is 12.5 Å². The smallest absolute Gasteiger partial charge is 0.161 e. The fourth-order valence-corrected chi connectivity index (χ4v) is 2.62.